The molecule has 0 aromatic carbocycles. The molecule has 0 aliphatic heterocycles. The summed E-state index contributed by atoms with van der Waals surface area (Å²) in [6, 6.07) is 0. The van der Waals surface area contributed by atoms with Crippen molar-refractivity contribution in [1.82, 2.24) is 5.32 Å². The molecule has 17 heavy (non-hydrogen) atoms. The average Bonchev–Trinajstić information content (AvgIpc) is 2.20. The zero-order chi connectivity index (χ0) is 13.5. The summed E-state index contributed by atoms with van der Waals surface area (Å²) in [5.41, 5.74) is -0.303. The van der Waals surface area contributed by atoms with Crippen LogP contribution in [0.1, 0.15) is 47.5 Å². The summed E-state index contributed by atoms with van der Waals surface area (Å²) in [6.07, 6.45) is 4.19. The molecule has 0 bridgehead atoms. The highest BCUT2D eigenvalue weighted by molar-refractivity contribution is 6.38. The first kappa shape index (κ1) is 16.7. The van der Waals surface area contributed by atoms with Gasteiger partial charge in [-0.25, -0.2) is 0 Å². The normalized spacial score (nSPS) is 13.9. The molecule has 0 aliphatic rings. The number of hydrogen-bond acceptors (Lipinski definition) is 3. The highest BCUT2D eigenvalue weighted by Gasteiger charge is 2.35. The Hall–Kier alpha value is -0.315. The first-order valence-electron chi connectivity index (χ1n) is 6.31. The maximum Gasteiger partial charge on any atom is 0.326 e. The molecule has 0 fully saturated rings. The van der Waals surface area contributed by atoms with E-state index >= 15 is 0 Å². The molecule has 0 heterocycles. The maximum atomic E-state index is 9.99. The van der Waals surface area contributed by atoms with Gasteiger partial charge in [-0.15, -0.1) is 0 Å². The molecule has 0 unspecified atom stereocenters. The molecule has 1 radical (unpaired) electrons. The quantitative estimate of drug-likeness (QED) is 0.638. The van der Waals surface area contributed by atoms with Gasteiger partial charge in [-0.05, 0) is 41.2 Å². The molecule has 0 spiro atoms. The summed E-state index contributed by atoms with van der Waals surface area (Å²) in [4.78, 5) is 0. The Morgan fingerprint density at radius 1 is 1.35 bits per heavy atom. The summed E-state index contributed by atoms with van der Waals surface area (Å²) in [7, 11) is 3.69. The molecule has 0 aromatic heterocycles. The number of likely N-dealkylation sites (N-methyl/N-ethyl adjacent to an activating group) is 1. The van der Waals surface area contributed by atoms with E-state index in [0.29, 0.717) is 0 Å². The summed E-state index contributed by atoms with van der Waals surface area (Å²) >= 11 is 0. The minimum atomic E-state index is -0.871. The molecule has 0 saturated carbocycles. The first-order chi connectivity index (χ1) is 7.74. The molecular weight excluding hydrogens is 213 g/mol. The Balaban J connectivity index is 4.39. The van der Waals surface area contributed by atoms with Crippen molar-refractivity contribution in [2.24, 2.45) is 0 Å². The minimum absolute atomic E-state index is 0.598. The highest BCUT2D eigenvalue weighted by Crippen LogP contribution is 2.25. The lowest BCUT2D eigenvalue weighted by Crippen LogP contribution is -2.48. The predicted molar refractivity (Wildman–Crippen MR) is 74.1 cm³/mol. The van der Waals surface area contributed by atoms with Crippen molar-refractivity contribution in [2.75, 3.05) is 13.6 Å². The molecule has 0 saturated heterocycles. The number of rotatable bonds is 8. The van der Waals surface area contributed by atoms with E-state index in [1.54, 1.807) is 21.3 Å². The van der Waals surface area contributed by atoms with Gasteiger partial charge in [0.25, 0.3) is 0 Å². The molecule has 0 aromatic rings. The Kier molecular flexibility index (Phi) is 7.06. The van der Waals surface area contributed by atoms with Crippen LogP contribution in [-0.4, -0.2) is 37.4 Å². The lowest BCUT2D eigenvalue weighted by Gasteiger charge is -2.37. The van der Waals surface area contributed by atoms with Crippen LogP contribution >= 0.6 is 0 Å². The fourth-order valence-corrected chi connectivity index (χ4v) is 1.10. The third-order valence-electron chi connectivity index (χ3n) is 3.09. The van der Waals surface area contributed by atoms with E-state index in [9.17, 15) is 5.11 Å². The van der Waals surface area contributed by atoms with Gasteiger partial charge in [0.1, 0.15) is 0 Å². The second-order valence-electron chi connectivity index (χ2n) is 5.39. The molecule has 2 N–H and O–H groups in total. The van der Waals surface area contributed by atoms with Crippen molar-refractivity contribution in [3.63, 3.8) is 0 Å². The van der Waals surface area contributed by atoms with Crippen molar-refractivity contribution >= 4 is 7.48 Å². The van der Waals surface area contributed by atoms with Crippen LogP contribution in [0.2, 0.25) is 0 Å². The summed E-state index contributed by atoms with van der Waals surface area (Å²) < 4.78 is 5.73. The van der Waals surface area contributed by atoms with E-state index in [4.69, 9.17) is 4.65 Å². The topological polar surface area (TPSA) is 41.5 Å². The standard InChI is InChI=1S/C13H27BNO2/c1-7-8-11(9-10-15-6)14-17-13(4,5)12(2,3)16/h9,15-16H,7-8,10H2,1-6H3/b11-9+. The molecule has 0 atom stereocenters. The molecule has 0 amide bonds. The van der Waals surface area contributed by atoms with E-state index in [1.807, 2.05) is 20.9 Å². The third kappa shape index (κ3) is 6.25. The van der Waals surface area contributed by atoms with E-state index in [-0.39, 0.29) is 0 Å². The van der Waals surface area contributed by atoms with Crippen LogP contribution in [-0.2, 0) is 4.65 Å². The van der Waals surface area contributed by atoms with Gasteiger partial charge in [0.15, 0.2) is 0 Å². The molecule has 4 heteroatoms. The van der Waals surface area contributed by atoms with Gasteiger partial charge in [-0.3, -0.25) is 0 Å². The number of allylic oxidation sites excluding steroid dienone is 1. The van der Waals surface area contributed by atoms with Crippen LogP contribution in [0.5, 0.6) is 0 Å². The van der Waals surface area contributed by atoms with E-state index in [0.717, 1.165) is 19.4 Å². The van der Waals surface area contributed by atoms with Gasteiger partial charge in [-0.1, -0.05) is 24.9 Å². The van der Waals surface area contributed by atoms with Crippen molar-refractivity contribution < 1.29 is 9.76 Å². The molecular formula is C13H27BNO2. The number of nitrogens with one attached hydrogen (secondary N) is 1. The number of hydrogen-bond donors (Lipinski definition) is 2. The van der Waals surface area contributed by atoms with Gasteiger partial charge in [0, 0.05) is 6.54 Å². The number of aliphatic hydroxyl groups is 1. The third-order valence-corrected chi connectivity index (χ3v) is 3.09. The van der Waals surface area contributed by atoms with Crippen LogP contribution < -0.4 is 5.32 Å². The van der Waals surface area contributed by atoms with Gasteiger partial charge in [-0.2, -0.15) is 0 Å². The fourth-order valence-electron chi connectivity index (χ4n) is 1.10. The van der Waals surface area contributed by atoms with Crippen molar-refractivity contribution in [1.29, 1.82) is 0 Å². The largest absolute Gasteiger partial charge is 0.427 e. The Labute approximate surface area is 107 Å². The van der Waals surface area contributed by atoms with Crippen LogP contribution in [0, 0.1) is 0 Å². The van der Waals surface area contributed by atoms with Gasteiger partial charge in [0.2, 0.25) is 0 Å². The Morgan fingerprint density at radius 3 is 2.35 bits per heavy atom. The lowest BCUT2D eigenvalue weighted by atomic mass is 9.80. The SMILES string of the molecule is CCC/C([B]OC(C)(C)C(C)(C)O)=C\CNC. The van der Waals surface area contributed by atoms with Crippen LogP contribution in [0.4, 0.5) is 0 Å². The maximum absolute atomic E-state index is 9.99. The van der Waals surface area contributed by atoms with Crippen molar-refractivity contribution in [2.45, 2.75) is 58.7 Å². The van der Waals surface area contributed by atoms with Crippen LogP contribution in [0.25, 0.3) is 0 Å². The predicted octanol–water partition coefficient (Wildman–Crippen LogP) is 2.08. The molecule has 0 rings (SSSR count). The summed E-state index contributed by atoms with van der Waals surface area (Å²) in [5.74, 6) is 0. The molecule has 99 valence electrons. The van der Waals surface area contributed by atoms with Gasteiger partial charge >= 0.3 is 7.48 Å². The Bertz CT molecular complexity index is 244. The summed E-state index contributed by atoms with van der Waals surface area (Å²) in [6.45, 7) is 10.3. The lowest BCUT2D eigenvalue weighted by molar-refractivity contribution is -0.0897. The Morgan fingerprint density at radius 2 is 1.94 bits per heavy atom. The molecule has 0 aliphatic carbocycles. The zero-order valence-electron chi connectivity index (χ0n) is 12.1. The summed E-state index contributed by atoms with van der Waals surface area (Å²) in [5, 5.41) is 13.1. The second-order valence-corrected chi connectivity index (χ2v) is 5.39. The van der Waals surface area contributed by atoms with Crippen LogP contribution in [0.15, 0.2) is 11.5 Å². The highest BCUT2D eigenvalue weighted by atomic mass is 16.5. The monoisotopic (exact) mass is 240 g/mol. The van der Waals surface area contributed by atoms with Crippen molar-refractivity contribution in [3.05, 3.63) is 11.5 Å². The first-order valence-corrected chi connectivity index (χ1v) is 6.31. The zero-order valence-corrected chi connectivity index (χ0v) is 12.1. The van der Waals surface area contributed by atoms with Crippen LogP contribution in [0.3, 0.4) is 0 Å². The van der Waals surface area contributed by atoms with E-state index in [1.165, 1.54) is 5.47 Å². The smallest absolute Gasteiger partial charge is 0.326 e. The van der Waals surface area contributed by atoms with Gasteiger partial charge < -0.3 is 15.1 Å². The average molecular weight is 240 g/mol. The molecule has 3 nitrogen and oxygen atoms in total. The van der Waals surface area contributed by atoms with Crippen molar-refractivity contribution in [3.8, 4) is 0 Å². The second kappa shape index (κ2) is 7.19. The van der Waals surface area contributed by atoms with Gasteiger partial charge in [0.05, 0.1) is 11.2 Å². The van der Waals surface area contributed by atoms with E-state index < -0.39 is 11.2 Å². The minimum Gasteiger partial charge on any atom is -0.427 e. The van der Waals surface area contributed by atoms with E-state index in [2.05, 4.69) is 18.3 Å². The fraction of sp³-hybridized carbons (Fsp3) is 0.846.